The molecule has 85 heavy (non-hydrogen) atoms. The van der Waals surface area contributed by atoms with Gasteiger partial charge in [-0.25, -0.2) is 0 Å². The van der Waals surface area contributed by atoms with E-state index in [1.165, 1.54) is 169 Å². The fourth-order valence-electron chi connectivity index (χ4n) is 14.3. The molecule has 4 aliphatic heterocycles. The minimum absolute atomic E-state index is 0. The zero-order chi connectivity index (χ0) is 57.9. The lowest BCUT2D eigenvalue weighted by Gasteiger charge is -2.13. The van der Waals surface area contributed by atoms with Gasteiger partial charge < -0.3 is 0 Å². The second kappa shape index (κ2) is 23.5. The quantitative estimate of drug-likeness (QED) is 0.148. The normalized spacial score (nSPS) is 12.5. The Morgan fingerprint density at radius 1 is 0.400 bits per heavy atom. The first-order chi connectivity index (χ1) is 40.8. The first-order valence-corrected chi connectivity index (χ1v) is 30.9. The Morgan fingerprint density at radius 2 is 0.929 bits per heavy atom. The molecule has 4 nitrogen and oxygen atoms in total. The van der Waals surface area contributed by atoms with Crippen LogP contribution in [0, 0.1) is 46.5 Å². The van der Waals surface area contributed by atoms with Crippen molar-refractivity contribution >= 4 is 43.4 Å². The van der Waals surface area contributed by atoms with Crippen molar-refractivity contribution in [2.75, 3.05) is 0 Å². The summed E-state index contributed by atoms with van der Waals surface area (Å²) in [7, 11) is 0. The Hall–Kier alpha value is -8.60. The molecule has 424 valence electrons. The van der Waals surface area contributed by atoms with E-state index in [4.69, 9.17) is 0 Å². The van der Waals surface area contributed by atoms with Crippen LogP contribution in [0.3, 0.4) is 0 Å². The number of hydrogen-bond donors (Lipinski definition) is 0. The van der Waals surface area contributed by atoms with Crippen LogP contribution in [-0.4, -0.2) is 0 Å². The number of para-hydroxylation sites is 2. The average molecular weight is 1110 g/mol. The summed E-state index contributed by atoms with van der Waals surface area (Å²) < 4.78 is 9.71. The van der Waals surface area contributed by atoms with E-state index >= 15 is 0 Å². The zero-order valence-electron chi connectivity index (χ0n) is 51.1. The van der Waals surface area contributed by atoms with Crippen molar-refractivity contribution in [3.8, 4) is 45.0 Å². The molecule has 0 saturated carbocycles. The van der Waals surface area contributed by atoms with Crippen LogP contribution in [0.15, 0.2) is 194 Å². The van der Waals surface area contributed by atoms with Crippen molar-refractivity contribution < 1.29 is 18.3 Å². The van der Waals surface area contributed by atoms with Crippen LogP contribution in [0.4, 0.5) is 0 Å². The molecule has 0 N–H and O–H groups in total. The largest absolute Gasteiger partial charge is 0.221 e. The highest BCUT2D eigenvalue weighted by Crippen LogP contribution is 2.38. The Balaban J connectivity index is 0.000000111. The van der Waals surface area contributed by atoms with E-state index in [1.54, 1.807) is 5.56 Å². The second-order valence-electron chi connectivity index (χ2n) is 25.4. The van der Waals surface area contributed by atoms with Crippen LogP contribution >= 0.6 is 0 Å². The molecule has 16 rings (SSSR count). The van der Waals surface area contributed by atoms with E-state index in [9.17, 15) is 0 Å². The molecule has 0 bridgehead atoms. The van der Waals surface area contributed by atoms with Crippen molar-refractivity contribution in [3.05, 3.63) is 261 Å². The van der Waals surface area contributed by atoms with Gasteiger partial charge in [0.2, 0.25) is 33.8 Å². The van der Waals surface area contributed by atoms with Crippen molar-refractivity contribution in [1.82, 2.24) is 0 Å². The molecule has 0 aliphatic carbocycles. The van der Waals surface area contributed by atoms with Gasteiger partial charge in [-0.3, -0.25) is 0 Å². The van der Waals surface area contributed by atoms with Gasteiger partial charge >= 0.3 is 0 Å². The molecule has 0 saturated heterocycles. The van der Waals surface area contributed by atoms with Crippen LogP contribution in [0.5, 0.6) is 0 Å². The number of rotatable bonds is 6. The zero-order valence-corrected chi connectivity index (χ0v) is 51.1. The Bertz CT molecular complexity index is 4580. The number of fused-ring (bicyclic) bond motifs is 20. The first-order valence-electron chi connectivity index (χ1n) is 30.9. The maximum absolute atomic E-state index is 2.50. The summed E-state index contributed by atoms with van der Waals surface area (Å²) in [6, 6.07) is 67.5. The van der Waals surface area contributed by atoms with Crippen molar-refractivity contribution in [3.63, 3.8) is 0 Å². The van der Waals surface area contributed by atoms with Crippen molar-refractivity contribution in [2.45, 2.75) is 129 Å². The number of hydrogen-bond acceptors (Lipinski definition) is 0. The summed E-state index contributed by atoms with van der Waals surface area (Å²) in [5.74, 6) is 1.37. The fraction of sp³-hybridized carbons (Fsp3) is 0.259. The molecule has 8 aromatic carbocycles. The maximum atomic E-state index is 2.50. The van der Waals surface area contributed by atoms with Crippen molar-refractivity contribution in [1.29, 1.82) is 0 Å². The van der Waals surface area contributed by atoms with E-state index in [1.807, 2.05) is 0 Å². The third-order valence-corrected chi connectivity index (χ3v) is 18.0. The van der Waals surface area contributed by atoms with Crippen LogP contribution < -0.4 is 18.3 Å². The summed E-state index contributed by atoms with van der Waals surface area (Å²) in [4.78, 5) is 0. The van der Waals surface area contributed by atoms with E-state index in [2.05, 4.69) is 282 Å². The molecule has 0 amide bonds. The van der Waals surface area contributed by atoms with Gasteiger partial charge in [0.1, 0.15) is 0 Å². The SMILES string of the molecule is C.CC(C)Cc1cc(CC(C)C)c2c(c1)-c1ccc3ccccc3[n+]1C2.CCCc1ccc2c(c1)-c1ccc3ccccc3[n+]1C2.Cc1cc(C)c2c(c1)-c1c3cc(C)ccc3cc[n+]1C2.Cc1cc(C)c2c(c1)-c1c3ccccc3cc[n+]1C2. The van der Waals surface area contributed by atoms with E-state index < -0.39 is 0 Å². The maximum Gasteiger partial charge on any atom is 0.221 e. The van der Waals surface area contributed by atoms with Gasteiger partial charge in [0.15, 0.2) is 38.6 Å². The summed E-state index contributed by atoms with van der Waals surface area (Å²) in [5.41, 5.74) is 31.1. The summed E-state index contributed by atoms with van der Waals surface area (Å²) >= 11 is 0. The van der Waals surface area contributed by atoms with Crippen LogP contribution in [0.2, 0.25) is 0 Å². The third-order valence-electron chi connectivity index (χ3n) is 18.0. The highest BCUT2D eigenvalue weighted by molar-refractivity contribution is 5.96. The molecular formula is C81H84N4+4. The first kappa shape index (κ1) is 56.9. The topological polar surface area (TPSA) is 15.5 Å². The molecule has 0 spiro atoms. The van der Waals surface area contributed by atoms with Gasteiger partial charge in [0, 0.05) is 69.4 Å². The standard InChI is InChI=1S/C24H28N.2C19H18N.C18H16N.CH4/c1-16(2)11-18-13-20(12-17(3)4)22-15-25-23-8-6-5-7-19(23)9-10-24(25)21(22)14-18;1-12-4-5-15-6-7-20-11-18-14(3)8-13(2)10-17(18)19(20)16(15)9-12;1-2-5-14-8-9-16-13-20-18-7-4-3-6-15(18)10-11-19(20)17(16)12-14;1-12-9-13(2)17-11-19-8-7-14-5-3-4-6-15(14)18(19)16(17)10-12;/h5-10,13-14,16-17H,11-12,15H2,1-4H3;4-10H,11H2,1-3H3;3-4,6-12H,2,5,13H2,1H3;3-10H,11H2,1-2H3;1H4/q4*+1;. The van der Waals surface area contributed by atoms with Gasteiger partial charge in [-0.1, -0.05) is 139 Å². The third kappa shape index (κ3) is 10.9. The Kier molecular flexibility index (Phi) is 15.7. The Morgan fingerprint density at radius 3 is 1.54 bits per heavy atom. The van der Waals surface area contributed by atoms with Gasteiger partial charge in [-0.05, 0) is 176 Å². The van der Waals surface area contributed by atoms with Crippen LogP contribution in [0.25, 0.3) is 88.4 Å². The predicted octanol–water partition coefficient (Wildman–Crippen LogP) is 18.2. The molecule has 4 aliphatic rings. The molecule has 0 fully saturated rings. The summed E-state index contributed by atoms with van der Waals surface area (Å²) in [6.45, 7) is 26.5. The van der Waals surface area contributed by atoms with Gasteiger partial charge in [0.05, 0.1) is 33.0 Å². The molecule has 4 aromatic heterocycles. The fourth-order valence-corrected chi connectivity index (χ4v) is 14.3. The molecule has 4 heteroatoms. The average Bonchev–Trinajstić information content (AvgIpc) is 3.50. The molecule has 8 heterocycles. The molecule has 0 atom stereocenters. The minimum Gasteiger partial charge on any atom is -0.193 e. The molecule has 0 radical (unpaired) electrons. The van der Waals surface area contributed by atoms with Gasteiger partial charge in [-0.2, -0.15) is 18.3 Å². The lowest BCUT2D eigenvalue weighted by molar-refractivity contribution is -0.671. The number of benzene rings is 8. The van der Waals surface area contributed by atoms with Gasteiger partial charge in [0.25, 0.3) is 0 Å². The predicted molar refractivity (Wildman–Crippen MR) is 356 cm³/mol. The highest BCUT2D eigenvalue weighted by Gasteiger charge is 2.34. The van der Waals surface area contributed by atoms with E-state index in [0.29, 0.717) is 11.8 Å². The highest BCUT2D eigenvalue weighted by atomic mass is 15.0. The summed E-state index contributed by atoms with van der Waals surface area (Å²) in [5, 5.41) is 8.02. The number of aromatic nitrogens is 4. The molecule has 12 aromatic rings. The van der Waals surface area contributed by atoms with Crippen LogP contribution in [-0.2, 0) is 45.4 Å². The minimum atomic E-state index is 0. The monoisotopic (exact) mass is 1110 g/mol. The van der Waals surface area contributed by atoms with Crippen molar-refractivity contribution in [2.24, 2.45) is 11.8 Å². The molecule has 0 unspecified atom stereocenters. The lowest BCUT2D eigenvalue weighted by atomic mass is 9.90. The lowest BCUT2D eigenvalue weighted by Crippen LogP contribution is -2.33. The number of aryl methyl sites for hydroxylation is 6. The summed E-state index contributed by atoms with van der Waals surface area (Å²) in [6.07, 6.45) is 9.14. The van der Waals surface area contributed by atoms with E-state index in [-0.39, 0.29) is 7.43 Å². The van der Waals surface area contributed by atoms with Crippen LogP contribution in [0.1, 0.15) is 115 Å². The van der Waals surface area contributed by atoms with E-state index in [0.717, 1.165) is 32.6 Å². The Labute approximate surface area is 505 Å². The second-order valence-corrected chi connectivity index (χ2v) is 25.4. The van der Waals surface area contributed by atoms with Gasteiger partial charge in [-0.15, -0.1) is 0 Å². The smallest absolute Gasteiger partial charge is 0.193 e. The number of pyridine rings is 4. The number of nitrogens with zero attached hydrogens (tertiary/aromatic N) is 4. The molecular weight excluding hydrogens is 1030 g/mol.